The summed E-state index contributed by atoms with van der Waals surface area (Å²) in [6.45, 7) is 6.90. The molecule has 0 spiro atoms. The van der Waals surface area contributed by atoms with Crippen LogP contribution in [-0.2, 0) is 0 Å². The molecular weight excluding hydrogens is 212 g/mol. The van der Waals surface area contributed by atoms with Crippen LogP contribution in [0.4, 0.5) is 0 Å². The molecule has 1 amide bonds. The molecule has 90 valence electrons. The number of carbonyl (C=O) groups excluding carboxylic acids is 1. The molecule has 3 heteroatoms. The van der Waals surface area contributed by atoms with Gasteiger partial charge < -0.3 is 10.3 Å². The van der Waals surface area contributed by atoms with Crippen molar-refractivity contribution in [3.8, 4) is 0 Å². The minimum absolute atomic E-state index is 0.0331. The second kappa shape index (κ2) is 4.62. The minimum atomic E-state index is -0.0331. The maximum absolute atomic E-state index is 11.9. The summed E-state index contributed by atoms with van der Waals surface area (Å²) < 4.78 is 0. The number of hydrogen-bond donors (Lipinski definition) is 2. The van der Waals surface area contributed by atoms with Gasteiger partial charge in [0.05, 0.1) is 0 Å². The first-order valence-corrected chi connectivity index (χ1v) is 5.94. The highest BCUT2D eigenvalue weighted by Gasteiger charge is 2.10. The van der Waals surface area contributed by atoms with Gasteiger partial charge in [0.15, 0.2) is 0 Å². The maximum Gasteiger partial charge on any atom is 0.267 e. The lowest BCUT2D eigenvalue weighted by molar-refractivity contribution is 0.0945. The van der Waals surface area contributed by atoms with E-state index in [0.717, 1.165) is 16.5 Å². The van der Waals surface area contributed by atoms with Gasteiger partial charge in [0.25, 0.3) is 5.91 Å². The largest absolute Gasteiger partial charge is 0.351 e. The molecular formula is C14H18N2O. The number of amides is 1. The topological polar surface area (TPSA) is 44.9 Å². The minimum Gasteiger partial charge on any atom is -0.351 e. The number of rotatable bonds is 3. The number of aryl methyl sites for hydroxylation is 1. The molecule has 2 aromatic rings. The highest BCUT2D eigenvalue weighted by molar-refractivity contribution is 5.98. The highest BCUT2D eigenvalue weighted by Crippen LogP contribution is 2.18. The van der Waals surface area contributed by atoms with E-state index in [1.165, 1.54) is 0 Å². The molecule has 1 aromatic carbocycles. The summed E-state index contributed by atoms with van der Waals surface area (Å²) in [6, 6.07) is 7.95. The van der Waals surface area contributed by atoms with Crippen LogP contribution in [0.15, 0.2) is 24.3 Å². The van der Waals surface area contributed by atoms with Crippen LogP contribution in [0.5, 0.6) is 0 Å². The van der Waals surface area contributed by atoms with Crippen LogP contribution in [-0.4, -0.2) is 17.4 Å². The van der Waals surface area contributed by atoms with E-state index in [4.69, 9.17) is 0 Å². The van der Waals surface area contributed by atoms with Gasteiger partial charge in [-0.1, -0.05) is 32.0 Å². The summed E-state index contributed by atoms with van der Waals surface area (Å²) in [5, 5.41) is 3.99. The number of aromatic amines is 1. The Kier molecular flexibility index (Phi) is 3.18. The van der Waals surface area contributed by atoms with Crippen molar-refractivity contribution in [2.24, 2.45) is 5.92 Å². The van der Waals surface area contributed by atoms with Crippen LogP contribution >= 0.6 is 0 Å². The van der Waals surface area contributed by atoms with E-state index in [9.17, 15) is 4.79 Å². The molecule has 1 aromatic heterocycles. The molecule has 0 saturated heterocycles. The Bertz CT molecular complexity index is 540. The highest BCUT2D eigenvalue weighted by atomic mass is 16.1. The monoisotopic (exact) mass is 230 g/mol. The molecule has 0 aliphatic heterocycles. The smallest absolute Gasteiger partial charge is 0.267 e. The fourth-order valence-electron chi connectivity index (χ4n) is 1.82. The molecule has 0 aliphatic rings. The number of benzene rings is 1. The van der Waals surface area contributed by atoms with Gasteiger partial charge in [-0.3, -0.25) is 4.79 Å². The summed E-state index contributed by atoms with van der Waals surface area (Å²) in [6.07, 6.45) is 0. The Morgan fingerprint density at radius 2 is 2.18 bits per heavy atom. The summed E-state index contributed by atoms with van der Waals surface area (Å²) >= 11 is 0. The molecule has 2 rings (SSSR count). The number of nitrogens with one attached hydrogen (secondary N) is 2. The zero-order valence-corrected chi connectivity index (χ0v) is 10.5. The fourth-order valence-corrected chi connectivity index (χ4v) is 1.82. The molecule has 2 N–H and O–H groups in total. The molecule has 0 fully saturated rings. The molecule has 0 aliphatic carbocycles. The first kappa shape index (κ1) is 11.7. The van der Waals surface area contributed by atoms with E-state index in [0.29, 0.717) is 18.2 Å². The lowest BCUT2D eigenvalue weighted by atomic mass is 10.2. The lowest BCUT2D eigenvalue weighted by Crippen LogP contribution is -2.27. The fraction of sp³-hybridized carbons (Fsp3) is 0.357. The van der Waals surface area contributed by atoms with Crippen molar-refractivity contribution in [3.05, 3.63) is 35.5 Å². The average molecular weight is 230 g/mol. The van der Waals surface area contributed by atoms with Crippen LogP contribution in [0.2, 0.25) is 0 Å². The van der Waals surface area contributed by atoms with Crippen molar-refractivity contribution in [3.63, 3.8) is 0 Å². The molecule has 0 bridgehead atoms. The molecule has 0 unspecified atom stereocenters. The molecule has 17 heavy (non-hydrogen) atoms. The van der Waals surface area contributed by atoms with Crippen LogP contribution in [0, 0.1) is 12.8 Å². The summed E-state index contributed by atoms with van der Waals surface area (Å²) in [7, 11) is 0. The Morgan fingerprint density at radius 3 is 2.82 bits per heavy atom. The van der Waals surface area contributed by atoms with Gasteiger partial charge in [0.1, 0.15) is 5.69 Å². The van der Waals surface area contributed by atoms with Gasteiger partial charge in [0, 0.05) is 17.4 Å². The third-order valence-electron chi connectivity index (χ3n) is 2.78. The Morgan fingerprint density at radius 1 is 1.41 bits per heavy atom. The number of H-pyrrole nitrogens is 1. The zero-order valence-electron chi connectivity index (χ0n) is 10.5. The van der Waals surface area contributed by atoms with Gasteiger partial charge in [-0.25, -0.2) is 0 Å². The molecule has 0 radical (unpaired) electrons. The van der Waals surface area contributed by atoms with Crippen LogP contribution in [0.25, 0.3) is 10.9 Å². The van der Waals surface area contributed by atoms with Crippen molar-refractivity contribution in [1.29, 1.82) is 0 Å². The van der Waals surface area contributed by atoms with Crippen molar-refractivity contribution in [2.45, 2.75) is 20.8 Å². The lowest BCUT2D eigenvalue weighted by Gasteiger charge is -2.05. The molecule has 3 nitrogen and oxygen atoms in total. The Balaban J connectivity index is 2.24. The van der Waals surface area contributed by atoms with E-state index in [1.807, 2.05) is 31.2 Å². The third kappa shape index (κ3) is 2.49. The molecule has 0 saturated carbocycles. The molecule has 1 heterocycles. The van der Waals surface area contributed by atoms with Gasteiger partial charge in [-0.2, -0.15) is 0 Å². The van der Waals surface area contributed by atoms with E-state index in [-0.39, 0.29) is 5.91 Å². The third-order valence-corrected chi connectivity index (χ3v) is 2.78. The van der Waals surface area contributed by atoms with Gasteiger partial charge in [-0.05, 0) is 24.5 Å². The summed E-state index contributed by atoms with van der Waals surface area (Å²) in [5.41, 5.74) is 2.84. The second-order valence-electron chi connectivity index (χ2n) is 4.83. The zero-order chi connectivity index (χ0) is 12.4. The predicted molar refractivity (Wildman–Crippen MR) is 70.2 cm³/mol. The van der Waals surface area contributed by atoms with Crippen molar-refractivity contribution in [1.82, 2.24) is 10.3 Å². The number of fused-ring (bicyclic) bond motifs is 1. The van der Waals surface area contributed by atoms with E-state index < -0.39 is 0 Å². The van der Waals surface area contributed by atoms with Gasteiger partial charge in [0.2, 0.25) is 0 Å². The standard InChI is InChI=1S/C14H18N2O/c1-9(2)8-15-14(17)12-7-11-6-4-5-10(3)13(11)16-12/h4-7,9,16H,8H2,1-3H3,(H,15,17). The van der Waals surface area contributed by atoms with E-state index in [2.05, 4.69) is 24.1 Å². The number of hydrogen-bond acceptors (Lipinski definition) is 1. The van der Waals surface area contributed by atoms with Crippen LogP contribution in [0.1, 0.15) is 29.9 Å². The predicted octanol–water partition coefficient (Wildman–Crippen LogP) is 2.86. The van der Waals surface area contributed by atoms with E-state index in [1.54, 1.807) is 0 Å². The Labute approximate surface area is 101 Å². The first-order chi connectivity index (χ1) is 8.08. The summed E-state index contributed by atoms with van der Waals surface area (Å²) in [4.78, 5) is 15.1. The van der Waals surface area contributed by atoms with E-state index >= 15 is 0 Å². The van der Waals surface area contributed by atoms with Gasteiger partial charge in [-0.15, -0.1) is 0 Å². The van der Waals surface area contributed by atoms with Crippen LogP contribution in [0.3, 0.4) is 0 Å². The first-order valence-electron chi connectivity index (χ1n) is 5.94. The second-order valence-corrected chi connectivity index (χ2v) is 4.83. The Hall–Kier alpha value is -1.77. The number of aromatic nitrogens is 1. The SMILES string of the molecule is Cc1cccc2cc(C(=O)NCC(C)C)[nH]c12. The molecule has 0 atom stereocenters. The van der Waals surface area contributed by atoms with Crippen molar-refractivity contribution < 1.29 is 4.79 Å². The normalized spacial score (nSPS) is 11.1. The number of carbonyl (C=O) groups is 1. The average Bonchev–Trinajstić information content (AvgIpc) is 2.71. The number of para-hydroxylation sites is 1. The maximum atomic E-state index is 11.9. The van der Waals surface area contributed by atoms with Crippen LogP contribution < -0.4 is 5.32 Å². The van der Waals surface area contributed by atoms with Gasteiger partial charge >= 0.3 is 0 Å². The van der Waals surface area contributed by atoms with Crippen molar-refractivity contribution >= 4 is 16.8 Å². The van der Waals surface area contributed by atoms with Crippen molar-refractivity contribution in [2.75, 3.05) is 6.54 Å². The summed E-state index contributed by atoms with van der Waals surface area (Å²) in [5.74, 6) is 0.430. The quantitative estimate of drug-likeness (QED) is 0.836.